The van der Waals surface area contributed by atoms with Gasteiger partial charge in [-0.3, -0.25) is 9.63 Å². The molecular weight excluding hydrogens is 270 g/mol. The van der Waals surface area contributed by atoms with Gasteiger partial charge in [-0.15, -0.1) is 5.39 Å². The van der Waals surface area contributed by atoms with Crippen molar-refractivity contribution in [2.24, 2.45) is 0 Å². The van der Waals surface area contributed by atoms with E-state index in [2.05, 4.69) is 4.84 Å². The van der Waals surface area contributed by atoms with E-state index in [1.807, 2.05) is 0 Å². The summed E-state index contributed by atoms with van der Waals surface area (Å²) in [6, 6.07) is 5.82. The summed E-state index contributed by atoms with van der Waals surface area (Å²) in [4.78, 5) is 26.6. The number of carbonyl (C=O) groups excluding carboxylic acids is 1. The number of benzene rings is 1. The summed E-state index contributed by atoms with van der Waals surface area (Å²) in [5.74, 6) is -1.77. The molecule has 0 radical (unpaired) electrons. The lowest BCUT2D eigenvalue weighted by atomic mass is 10.2. The standard InChI is InChI=1S/C12H14NO7/c14-11(7-3-4-8-19-13(17)18)20-10-6-2-1-5-9(10)12(15)16/h1-2,5-6,17H,3-4,7-8H2,(H,15,16)/q-1. The molecule has 0 spiro atoms. The molecule has 1 aromatic carbocycles. The van der Waals surface area contributed by atoms with Crippen LogP contribution >= 0.6 is 0 Å². The molecule has 110 valence electrons. The Morgan fingerprint density at radius 2 is 1.95 bits per heavy atom. The minimum Gasteiger partial charge on any atom is -0.738 e. The number of esters is 1. The number of carbonyl (C=O) groups is 2. The molecule has 0 heterocycles. The third-order valence-electron chi connectivity index (χ3n) is 2.32. The van der Waals surface area contributed by atoms with E-state index < -0.39 is 17.3 Å². The highest BCUT2D eigenvalue weighted by molar-refractivity contribution is 5.91. The molecule has 2 N–H and O–H groups in total. The summed E-state index contributed by atoms with van der Waals surface area (Å²) in [5.41, 5.74) is -0.0912. The second kappa shape index (κ2) is 8.23. The Bertz CT molecular complexity index is 461. The number of para-hydroxylation sites is 1. The highest BCUT2D eigenvalue weighted by Gasteiger charge is 2.13. The summed E-state index contributed by atoms with van der Waals surface area (Å²) in [6.07, 6.45) is 0.790. The molecule has 0 unspecified atom stereocenters. The largest absolute Gasteiger partial charge is 0.738 e. The summed E-state index contributed by atoms with van der Waals surface area (Å²) in [7, 11) is 0. The summed E-state index contributed by atoms with van der Waals surface area (Å²) in [6.45, 7) is -0.0288. The zero-order valence-electron chi connectivity index (χ0n) is 10.5. The van der Waals surface area contributed by atoms with Crippen LogP contribution in [0.3, 0.4) is 0 Å². The Labute approximate surface area is 114 Å². The third-order valence-corrected chi connectivity index (χ3v) is 2.32. The Morgan fingerprint density at radius 1 is 1.25 bits per heavy atom. The van der Waals surface area contributed by atoms with Crippen molar-refractivity contribution in [1.29, 1.82) is 0 Å². The number of ether oxygens (including phenoxy) is 1. The lowest BCUT2D eigenvalue weighted by Gasteiger charge is -2.17. The first kappa shape index (κ1) is 16.1. The van der Waals surface area contributed by atoms with Crippen molar-refractivity contribution in [3.8, 4) is 5.75 Å². The van der Waals surface area contributed by atoms with Gasteiger partial charge < -0.3 is 20.3 Å². The molecular formula is C12H14NO7-. The molecule has 0 atom stereocenters. The Hall–Kier alpha value is -2.00. The van der Waals surface area contributed by atoms with Crippen molar-refractivity contribution < 1.29 is 29.5 Å². The van der Waals surface area contributed by atoms with E-state index in [4.69, 9.17) is 15.1 Å². The SMILES string of the molecule is O=C(CCCCON([O-])O)Oc1ccccc1C(=O)O. The number of carboxylic acids is 1. The first-order valence-electron chi connectivity index (χ1n) is 5.82. The predicted octanol–water partition coefficient (Wildman–Crippen LogP) is 1.58. The van der Waals surface area contributed by atoms with E-state index >= 15 is 0 Å². The monoisotopic (exact) mass is 284 g/mol. The van der Waals surface area contributed by atoms with Crippen molar-refractivity contribution >= 4 is 11.9 Å². The maximum Gasteiger partial charge on any atom is 0.339 e. The highest BCUT2D eigenvalue weighted by atomic mass is 17.1. The summed E-state index contributed by atoms with van der Waals surface area (Å²) < 4.78 is 4.95. The van der Waals surface area contributed by atoms with Crippen molar-refractivity contribution in [2.75, 3.05) is 6.61 Å². The van der Waals surface area contributed by atoms with Gasteiger partial charge in [0.25, 0.3) is 0 Å². The van der Waals surface area contributed by atoms with E-state index in [0.29, 0.717) is 12.8 Å². The fourth-order valence-corrected chi connectivity index (χ4v) is 1.42. The molecule has 0 amide bonds. The molecule has 0 bridgehead atoms. The first-order valence-corrected chi connectivity index (χ1v) is 5.82. The summed E-state index contributed by atoms with van der Waals surface area (Å²) >= 11 is 0. The number of hydrogen-bond acceptors (Lipinski definition) is 7. The zero-order chi connectivity index (χ0) is 15.0. The lowest BCUT2D eigenvalue weighted by Crippen LogP contribution is -2.13. The maximum atomic E-state index is 11.5. The number of rotatable bonds is 8. The highest BCUT2D eigenvalue weighted by Crippen LogP contribution is 2.18. The van der Waals surface area contributed by atoms with Crippen molar-refractivity contribution in [3.63, 3.8) is 0 Å². The average Bonchev–Trinajstić information content (AvgIpc) is 2.38. The molecule has 1 aromatic rings. The van der Waals surface area contributed by atoms with E-state index in [-0.39, 0.29) is 24.3 Å². The van der Waals surface area contributed by atoms with E-state index in [9.17, 15) is 14.8 Å². The van der Waals surface area contributed by atoms with E-state index in [0.717, 1.165) is 0 Å². The van der Waals surface area contributed by atoms with Crippen LogP contribution in [0.25, 0.3) is 0 Å². The number of unbranched alkanes of at least 4 members (excludes halogenated alkanes) is 1. The normalized spacial score (nSPS) is 10.6. The third kappa shape index (κ3) is 5.76. The van der Waals surface area contributed by atoms with Gasteiger partial charge >= 0.3 is 11.9 Å². The van der Waals surface area contributed by atoms with Gasteiger partial charge in [-0.1, -0.05) is 12.1 Å². The molecule has 0 saturated heterocycles. The topological polar surface area (TPSA) is 119 Å². The van der Waals surface area contributed by atoms with Gasteiger partial charge in [-0.2, -0.15) is 0 Å². The molecule has 0 fully saturated rings. The van der Waals surface area contributed by atoms with Crippen LogP contribution in [0, 0.1) is 5.21 Å². The molecule has 0 saturated carbocycles. The van der Waals surface area contributed by atoms with Gasteiger partial charge in [0.2, 0.25) is 0 Å². The van der Waals surface area contributed by atoms with Crippen LogP contribution in [0.5, 0.6) is 5.75 Å². The summed E-state index contributed by atoms with van der Waals surface area (Å²) in [5, 5.41) is 26.4. The van der Waals surface area contributed by atoms with Crippen molar-refractivity contribution in [2.45, 2.75) is 19.3 Å². The molecule has 20 heavy (non-hydrogen) atoms. The smallest absolute Gasteiger partial charge is 0.339 e. The van der Waals surface area contributed by atoms with Crippen LogP contribution in [0.1, 0.15) is 29.6 Å². The maximum absolute atomic E-state index is 11.5. The number of carboxylic acid groups (broad SMARTS) is 1. The number of nitrogens with zero attached hydrogens (tertiary/aromatic N) is 1. The molecule has 8 nitrogen and oxygen atoms in total. The molecule has 0 aliphatic rings. The van der Waals surface area contributed by atoms with Crippen LogP contribution in [0.2, 0.25) is 0 Å². The van der Waals surface area contributed by atoms with Crippen LogP contribution in [0.15, 0.2) is 24.3 Å². The molecule has 0 aliphatic carbocycles. The van der Waals surface area contributed by atoms with E-state index in [1.165, 1.54) is 18.2 Å². The second-order valence-corrected chi connectivity index (χ2v) is 3.80. The number of hydrogen-bond donors (Lipinski definition) is 2. The zero-order valence-corrected chi connectivity index (χ0v) is 10.5. The van der Waals surface area contributed by atoms with Gasteiger partial charge in [0.15, 0.2) is 0 Å². The van der Waals surface area contributed by atoms with E-state index in [1.54, 1.807) is 6.07 Å². The van der Waals surface area contributed by atoms with Gasteiger partial charge in [-0.25, -0.2) is 4.79 Å². The van der Waals surface area contributed by atoms with Gasteiger partial charge in [0, 0.05) is 6.42 Å². The van der Waals surface area contributed by atoms with Gasteiger partial charge in [0.1, 0.15) is 11.3 Å². The predicted molar refractivity (Wildman–Crippen MR) is 65.8 cm³/mol. The fraction of sp³-hybridized carbons (Fsp3) is 0.333. The molecule has 0 aromatic heterocycles. The Balaban J connectivity index is 2.37. The van der Waals surface area contributed by atoms with Crippen LogP contribution in [0.4, 0.5) is 0 Å². The fourth-order valence-electron chi connectivity index (χ4n) is 1.42. The quantitative estimate of drug-likeness (QED) is 0.319. The minimum atomic E-state index is -1.18. The van der Waals surface area contributed by atoms with Crippen molar-refractivity contribution in [3.05, 3.63) is 35.0 Å². The average molecular weight is 284 g/mol. The van der Waals surface area contributed by atoms with Crippen molar-refractivity contribution in [1.82, 2.24) is 5.39 Å². The van der Waals surface area contributed by atoms with Crippen LogP contribution in [-0.2, 0) is 9.63 Å². The Morgan fingerprint density at radius 3 is 2.60 bits per heavy atom. The molecule has 1 rings (SSSR count). The second-order valence-electron chi connectivity index (χ2n) is 3.80. The van der Waals surface area contributed by atoms with Crippen LogP contribution < -0.4 is 4.74 Å². The molecule has 0 aliphatic heterocycles. The lowest BCUT2D eigenvalue weighted by molar-refractivity contribution is -0.305. The number of aromatic carboxylic acids is 1. The molecule has 8 heteroatoms. The minimum absolute atomic E-state index is 0.0117. The van der Waals surface area contributed by atoms with Crippen LogP contribution in [-0.4, -0.2) is 34.2 Å². The van der Waals surface area contributed by atoms with Gasteiger partial charge in [0.05, 0.1) is 6.61 Å². The van der Waals surface area contributed by atoms with Gasteiger partial charge in [-0.05, 0) is 25.0 Å². The first-order chi connectivity index (χ1) is 9.50. The Kier molecular flexibility index (Phi) is 6.60.